The number of nitrogens with zero attached hydrogens (tertiary/aromatic N) is 2. The first-order chi connectivity index (χ1) is 13.8. The lowest BCUT2D eigenvalue weighted by atomic mass is 9.90. The normalized spacial score (nSPS) is 26.2. The monoisotopic (exact) mass is 396 g/mol. The molecule has 0 N–H and O–H groups in total. The summed E-state index contributed by atoms with van der Waals surface area (Å²) in [6.07, 6.45) is 8.70. The molecule has 148 valence electrons. The number of aromatic nitrogens is 1. The third-order valence-electron chi connectivity index (χ3n) is 6.29. The number of benzene rings is 1. The fourth-order valence-corrected chi connectivity index (χ4v) is 5.45. The zero-order chi connectivity index (χ0) is 18.9. The number of piperidine rings is 1. The van der Waals surface area contributed by atoms with Gasteiger partial charge in [-0.1, -0.05) is 30.3 Å². The molecule has 1 saturated heterocycles. The van der Waals surface area contributed by atoms with Crippen molar-refractivity contribution in [3.63, 3.8) is 0 Å². The fourth-order valence-electron chi connectivity index (χ4n) is 4.40. The van der Waals surface area contributed by atoms with Crippen LogP contribution < -0.4 is 9.47 Å². The van der Waals surface area contributed by atoms with Crippen molar-refractivity contribution in [3.05, 3.63) is 48.2 Å². The van der Waals surface area contributed by atoms with Gasteiger partial charge in [-0.05, 0) is 62.4 Å². The maximum absolute atomic E-state index is 6.28. The molecule has 2 atom stereocenters. The molecule has 2 fully saturated rings. The molecule has 5 heteroatoms. The summed E-state index contributed by atoms with van der Waals surface area (Å²) in [5, 5.41) is 1.31. The number of pyridine rings is 1. The number of likely N-dealkylation sites (tertiary alicyclic amines) is 1. The van der Waals surface area contributed by atoms with Crippen LogP contribution in [-0.4, -0.2) is 40.4 Å². The van der Waals surface area contributed by atoms with E-state index in [4.69, 9.17) is 9.47 Å². The first kappa shape index (κ1) is 18.3. The lowest BCUT2D eigenvalue weighted by molar-refractivity contribution is 0.0493. The average molecular weight is 397 g/mol. The molecule has 3 aliphatic rings. The van der Waals surface area contributed by atoms with E-state index in [1.165, 1.54) is 37.9 Å². The molecule has 4 nitrogen and oxygen atoms in total. The quantitative estimate of drug-likeness (QED) is 0.719. The summed E-state index contributed by atoms with van der Waals surface area (Å²) >= 11 is 1.78. The number of fused-ring (bicyclic) bond motifs is 1. The van der Waals surface area contributed by atoms with Gasteiger partial charge in [-0.25, -0.2) is 4.98 Å². The number of thioether (sulfide) groups is 1. The molecule has 0 spiro atoms. The van der Waals surface area contributed by atoms with E-state index in [2.05, 4.69) is 41.1 Å². The van der Waals surface area contributed by atoms with Crippen molar-refractivity contribution in [2.45, 2.75) is 67.6 Å². The van der Waals surface area contributed by atoms with Crippen molar-refractivity contribution in [2.75, 3.05) is 13.1 Å². The van der Waals surface area contributed by atoms with Gasteiger partial charge in [0.05, 0.1) is 0 Å². The number of hydrogen-bond acceptors (Lipinski definition) is 5. The Morgan fingerprint density at radius 3 is 2.57 bits per heavy atom. The average Bonchev–Trinajstić information content (AvgIpc) is 2.68. The molecule has 1 saturated carbocycles. The van der Waals surface area contributed by atoms with Crippen LogP contribution in [0.15, 0.2) is 47.6 Å². The van der Waals surface area contributed by atoms with Gasteiger partial charge in [0.15, 0.2) is 5.75 Å². The molecule has 5 rings (SSSR count). The Bertz CT molecular complexity index is 801. The second-order valence-electron chi connectivity index (χ2n) is 8.18. The Morgan fingerprint density at radius 2 is 1.86 bits per heavy atom. The van der Waals surface area contributed by atoms with E-state index in [-0.39, 0.29) is 6.10 Å². The Morgan fingerprint density at radius 1 is 1.07 bits per heavy atom. The number of hydrogen-bond donors (Lipinski definition) is 0. The highest BCUT2D eigenvalue weighted by Crippen LogP contribution is 2.43. The second-order valence-corrected chi connectivity index (χ2v) is 9.54. The molecule has 0 bridgehead atoms. The molecule has 3 heterocycles. The van der Waals surface area contributed by atoms with E-state index >= 15 is 0 Å². The van der Waals surface area contributed by atoms with Crippen LogP contribution in [0.25, 0.3) is 0 Å². The van der Waals surface area contributed by atoms with Crippen molar-refractivity contribution < 1.29 is 9.47 Å². The minimum atomic E-state index is 0.0430. The van der Waals surface area contributed by atoms with E-state index in [0.717, 1.165) is 35.4 Å². The Kier molecular flexibility index (Phi) is 5.20. The minimum Gasteiger partial charge on any atom is -0.490 e. The highest BCUT2D eigenvalue weighted by molar-refractivity contribution is 8.00. The molecule has 2 aliphatic heterocycles. The van der Waals surface area contributed by atoms with Crippen molar-refractivity contribution in [3.8, 4) is 11.5 Å². The van der Waals surface area contributed by atoms with Crippen LogP contribution in [0.1, 0.15) is 50.7 Å². The first-order valence-electron chi connectivity index (χ1n) is 10.6. The van der Waals surface area contributed by atoms with Crippen molar-refractivity contribution in [1.29, 1.82) is 0 Å². The summed E-state index contributed by atoms with van der Waals surface area (Å²) < 4.78 is 12.5. The molecular formula is C23H28N2O2S. The first-order valence-corrected chi connectivity index (χ1v) is 11.4. The van der Waals surface area contributed by atoms with Crippen LogP contribution in [-0.2, 0) is 0 Å². The summed E-state index contributed by atoms with van der Waals surface area (Å²) in [5.41, 5.74) is 1.20. The van der Waals surface area contributed by atoms with Crippen LogP contribution in [0.2, 0.25) is 0 Å². The summed E-state index contributed by atoms with van der Waals surface area (Å²) in [7, 11) is 0. The molecule has 1 aromatic heterocycles. The molecule has 0 radical (unpaired) electrons. The predicted molar refractivity (Wildman–Crippen MR) is 112 cm³/mol. The van der Waals surface area contributed by atoms with Crippen LogP contribution in [0.4, 0.5) is 0 Å². The van der Waals surface area contributed by atoms with E-state index in [1.807, 2.05) is 18.3 Å². The standard InChI is InChI=1S/C23H28N2O2S/c1-16-22(27-21-6-3-13-24-23(21)28-16)17-7-9-19(10-8-17)26-20-11-14-25(15-12-20)18-4-2-5-18/h3,6-10,13,16,18,20,22H,2,4-5,11-12,14-15H2,1H3. The molecule has 2 unspecified atom stereocenters. The lowest BCUT2D eigenvalue weighted by Crippen LogP contribution is -2.46. The van der Waals surface area contributed by atoms with E-state index in [9.17, 15) is 0 Å². The van der Waals surface area contributed by atoms with Gasteiger partial charge in [0, 0.05) is 30.6 Å². The summed E-state index contributed by atoms with van der Waals surface area (Å²) in [4.78, 5) is 7.08. The smallest absolute Gasteiger partial charge is 0.152 e. The predicted octanol–water partition coefficient (Wildman–Crippen LogP) is 5.09. The summed E-state index contributed by atoms with van der Waals surface area (Å²) in [5.74, 6) is 1.86. The van der Waals surface area contributed by atoms with Crippen molar-refractivity contribution in [1.82, 2.24) is 9.88 Å². The van der Waals surface area contributed by atoms with Gasteiger partial charge >= 0.3 is 0 Å². The van der Waals surface area contributed by atoms with E-state index in [1.54, 1.807) is 11.8 Å². The molecule has 1 aliphatic carbocycles. The van der Waals surface area contributed by atoms with E-state index in [0.29, 0.717) is 11.4 Å². The SMILES string of the molecule is CC1Sc2ncccc2OC1c1ccc(OC2CCN(C3CCC3)CC2)cc1. The number of ether oxygens (including phenoxy) is 2. The third kappa shape index (κ3) is 3.74. The van der Waals surface area contributed by atoms with Crippen LogP contribution in [0.3, 0.4) is 0 Å². The molecular weight excluding hydrogens is 368 g/mol. The maximum atomic E-state index is 6.28. The highest BCUT2D eigenvalue weighted by atomic mass is 32.2. The van der Waals surface area contributed by atoms with Gasteiger partial charge in [-0.2, -0.15) is 0 Å². The van der Waals surface area contributed by atoms with Crippen LogP contribution >= 0.6 is 11.8 Å². The lowest BCUT2D eigenvalue weighted by Gasteiger charge is -2.41. The second kappa shape index (κ2) is 7.96. The Labute approximate surface area is 171 Å². The van der Waals surface area contributed by atoms with Gasteiger partial charge in [-0.3, -0.25) is 0 Å². The molecule has 2 aromatic rings. The maximum Gasteiger partial charge on any atom is 0.152 e. The fraction of sp³-hybridized carbons (Fsp3) is 0.522. The van der Waals surface area contributed by atoms with Crippen LogP contribution in [0.5, 0.6) is 11.5 Å². The Balaban J connectivity index is 1.19. The van der Waals surface area contributed by atoms with Crippen molar-refractivity contribution >= 4 is 11.8 Å². The Hall–Kier alpha value is -1.72. The number of rotatable bonds is 4. The van der Waals surface area contributed by atoms with Gasteiger partial charge in [0.2, 0.25) is 0 Å². The van der Waals surface area contributed by atoms with Gasteiger partial charge < -0.3 is 14.4 Å². The zero-order valence-electron chi connectivity index (χ0n) is 16.4. The van der Waals surface area contributed by atoms with Gasteiger partial charge in [-0.15, -0.1) is 0 Å². The van der Waals surface area contributed by atoms with Crippen LogP contribution in [0, 0.1) is 0 Å². The summed E-state index contributed by atoms with van der Waals surface area (Å²) in [6, 6.07) is 13.3. The third-order valence-corrected chi connectivity index (χ3v) is 7.44. The zero-order valence-corrected chi connectivity index (χ0v) is 17.2. The van der Waals surface area contributed by atoms with Crippen molar-refractivity contribution in [2.24, 2.45) is 0 Å². The van der Waals surface area contributed by atoms with Gasteiger partial charge in [0.25, 0.3) is 0 Å². The molecule has 28 heavy (non-hydrogen) atoms. The minimum absolute atomic E-state index is 0.0430. The largest absolute Gasteiger partial charge is 0.490 e. The molecule has 0 amide bonds. The topological polar surface area (TPSA) is 34.6 Å². The van der Waals surface area contributed by atoms with Gasteiger partial charge in [0.1, 0.15) is 23.0 Å². The molecule has 1 aromatic carbocycles. The summed E-state index contributed by atoms with van der Waals surface area (Å²) in [6.45, 7) is 4.57. The highest BCUT2D eigenvalue weighted by Gasteiger charge is 2.31. The van der Waals surface area contributed by atoms with E-state index < -0.39 is 0 Å².